The Morgan fingerprint density at radius 3 is 2.75 bits per heavy atom. The molecule has 1 aliphatic heterocycles. The normalized spacial score (nSPS) is 16.1. The van der Waals surface area contributed by atoms with Gasteiger partial charge >= 0.3 is 0 Å². The van der Waals surface area contributed by atoms with Crippen molar-refractivity contribution in [2.75, 3.05) is 6.54 Å². The van der Waals surface area contributed by atoms with E-state index >= 15 is 0 Å². The minimum absolute atomic E-state index is 0.164. The highest BCUT2D eigenvalue weighted by Gasteiger charge is 2.25. The molecule has 1 atom stereocenters. The summed E-state index contributed by atoms with van der Waals surface area (Å²) in [6.45, 7) is 3.72. The largest absolute Gasteiger partial charge is 0.489 e. The van der Waals surface area contributed by atoms with Crippen molar-refractivity contribution in [3.8, 4) is 5.75 Å². The minimum atomic E-state index is 0.164. The highest BCUT2D eigenvalue weighted by molar-refractivity contribution is 5.86. The summed E-state index contributed by atoms with van der Waals surface area (Å²) in [4.78, 5) is 3.67. The summed E-state index contributed by atoms with van der Waals surface area (Å²) in [5, 5.41) is 5.04. The summed E-state index contributed by atoms with van der Waals surface area (Å²) in [7, 11) is 0. The van der Waals surface area contributed by atoms with E-state index in [2.05, 4.69) is 65.8 Å². The SMILES string of the molecule is Cc1ccc2[nH]c3c(c2c1)CCNC3c1cccc(OCc2ccccc2)c1. The van der Waals surface area contributed by atoms with Crippen molar-refractivity contribution in [3.63, 3.8) is 0 Å². The molecule has 1 aliphatic rings. The zero-order chi connectivity index (χ0) is 18.9. The van der Waals surface area contributed by atoms with Crippen LogP contribution in [0.1, 0.15) is 34.0 Å². The van der Waals surface area contributed by atoms with Gasteiger partial charge in [-0.05, 0) is 54.3 Å². The molecule has 2 N–H and O–H groups in total. The van der Waals surface area contributed by atoms with Crippen LogP contribution in [-0.2, 0) is 13.0 Å². The predicted octanol–water partition coefficient (Wildman–Crippen LogP) is 5.29. The molecule has 0 amide bonds. The van der Waals surface area contributed by atoms with Gasteiger partial charge in [-0.3, -0.25) is 0 Å². The zero-order valence-electron chi connectivity index (χ0n) is 16.0. The number of aryl methyl sites for hydroxylation is 1. The second-order valence-electron chi connectivity index (χ2n) is 7.55. The molecule has 0 spiro atoms. The molecule has 0 saturated carbocycles. The Kier molecular flexibility index (Phi) is 4.38. The fourth-order valence-corrected chi connectivity index (χ4v) is 4.15. The van der Waals surface area contributed by atoms with Gasteiger partial charge in [0.05, 0.1) is 6.04 Å². The minimum Gasteiger partial charge on any atom is -0.489 e. The summed E-state index contributed by atoms with van der Waals surface area (Å²) in [5.74, 6) is 0.905. The highest BCUT2D eigenvalue weighted by Crippen LogP contribution is 2.34. The third-order valence-electron chi connectivity index (χ3n) is 5.55. The smallest absolute Gasteiger partial charge is 0.120 e. The maximum Gasteiger partial charge on any atom is 0.120 e. The number of rotatable bonds is 4. The van der Waals surface area contributed by atoms with Gasteiger partial charge in [0.1, 0.15) is 12.4 Å². The number of ether oxygens (including phenoxy) is 1. The van der Waals surface area contributed by atoms with Crippen LogP contribution in [0.25, 0.3) is 10.9 Å². The zero-order valence-corrected chi connectivity index (χ0v) is 16.0. The standard InChI is InChI=1S/C25H24N2O/c1-17-10-11-23-22(14-17)21-12-13-26-24(25(21)27-23)19-8-5-9-20(15-19)28-16-18-6-3-2-4-7-18/h2-11,14-15,24,26-27H,12-13,16H2,1H3. The van der Waals surface area contributed by atoms with Crippen molar-refractivity contribution < 1.29 is 4.74 Å². The lowest BCUT2D eigenvalue weighted by molar-refractivity contribution is 0.305. The van der Waals surface area contributed by atoms with Crippen molar-refractivity contribution in [1.82, 2.24) is 10.3 Å². The number of hydrogen-bond acceptors (Lipinski definition) is 2. The lowest BCUT2D eigenvalue weighted by atomic mass is 9.94. The van der Waals surface area contributed by atoms with Crippen LogP contribution in [0.3, 0.4) is 0 Å². The number of benzene rings is 3. The van der Waals surface area contributed by atoms with Crippen molar-refractivity contribution in [3.05, 3.63) is 101 Å². The summed E-state index contributed by atoms with van der Waals surface area (Å²) in [5.41, 5.74) is 7.67. The molecule has 3 nitrogen and oxygen atoms in total. The fraction of sp³-hybridized carbons (Fsp3) is 0.200. The molecule has 3 heteroatoms. The van der Waals surface area contributed by atoms with Gasteiger partial charge in [-0.25, -0.2) is 0 Å². The molecule has 0 radical (unpaired) electrons. The van der Waals surface area contributed by atoms with Crippen LogP contribution in [0.15, 0.2) is 72.8 Å². The molecule has 5 rings (SSSR count). The Bertz CT molecular complexity index is 1110. The van der Waals surface area contributed by atoms with E-state index in [1.807, 2.05) is 24.3 Å². The number of aromatic amines is 1. The molecule has 4 aromatic rings. The third-order valence-corrected chi connectivity index (χ3v) is 5.55. The van der Waals surface area contributed by atoms with Gasteiger partial charge < -0.3 is 15.0 Å². The van der Waals surface area contributed by atoms with Gasteiger partial charge in [0.25, 0.3) is 0 Å². The Morgan fingerprint density at radius 2 is 1.86 bits per heavy atom. The van der Waals surface area contributed by atoms with Crippen molar-refractivity contribution in [2.45, 2.75) is 26.0 Å². The van der Waals surface area contributed by atoms with Gasteiger partial charge in [0.2, 0.25) is 0 Å². The molecule has 2 heterocycles. The van der Waals surface area contributed by atoms with Crippen molar-refractivity contribution >= 4 is 10.9 Å². The number of hydrogen-bond donors (Lipinski definition) is 2. The molecule has 140 valence electrons. The average Bonchev–Trinajstić information content (AvgIpc) is 3.11. The summed E-state index contributed by atoms with van der Waals surface area (Å²) < 4.78 is 6.05. The summed E-state index contributed by atoms with van der Waals surface area (Å²) >= 11 is 0. The van der Waals surface area contributed by atoms with Crippen LogP contribution in [-0.4, -0.2) is 11.5 Å². The van der Waals surface area contributed by atoms with Crippen LogP contribution < -0.4 is 10.1 Å². The number of aromatic nitrogens is 1. The third kappa shape index (κ3) is 3.19. The summed E-state index contributed by atoms with van der Waals surface area (Å²) in [6, 6.07) is 25.6. The topological polar surface area (TPSA) is 37.0 Å². The van der Waals surface area contributed by atoms with Crippen LogP contribution >= 0.6 is 0 Å². The van der Waals surface area contributed by atoms with Crippen LogP contribution in [0.4, 0.5) is 0 Å². The highest BCUT2D eigenvalue weighted by atomic mass is 16.5. The predicted molar refractivity (Wildman–Crippen MR) is 114 cm³/mol. The average molecular weight is 368 g/mol. The molecule has 0 saturated heterocycles. The molecular weight excluding hydrogens is 344 g/mol. The second kappa shape index (κ2) is 7.17. The van der Waals surface area contributed by atoms with E-state index in [4.69, 9.17) is 4.74 Å². The molecule has 1 aromatic heterocycles. The van der Waals surface area contributed by atoms with Crippen molar-refractivity contribution in [2.24, 2.45) is 0 Å². The Hall–Kier alpha value is -3.04. The maximum atomic E-state index is 6.05. The second-order valence-corrected chi connectivity index (χ2v) is 7.55. The van der Waals surface area contributed by atoms with E-state index in [9.17, 15) is 0 Å². The van der Waals surface area contributed by atoms with Gasteiger partial charge in [0.15, 0.2) is 0 Å². The molecule has 0 bridgehead atoms. The van der Waals surface area contributed by atoms with Gasteiger partial charge in [-0.2, -0.15) is 0 Å². The fourth-order valence-electron chi connectivity index (χ4n) is 4.15. The molecule has 28 heavy (non-hydrogen) atoms. The Morgan fingerprint density at radius 1 is 0.964 bits per heavy atom. The van der Waals surface area contributed by atoms with E-state index in [0.29, 0.717) is 6.61 Å². The number of H-pyrrole nitrogens is 1. The quantitative estimate of drug-likeness (QED) is 0.513. The molecule has 0 fully saturated rings. The van der Waals surface area contributed by atoms with E-state index < -0.39 is 0 Å². The van der Waals surface area contributed by atoms with Crippen molar-refractivity contribution in [1.29, 1.82) is 0 Å². The van der Waals surface area contributed by atoms with E-state index in [-0.39, 0.29) is 6.04 Å². The van der Waals surface area contributed by atoms with E-state index in [0.717, 1.165) is 18.7 Å². The van der Waals surface area contributed by atoms with Gasteiger partial charge in [0, 0.05) is 23.1 Å². The molecule has 0 aliphatic carbocycles. The first-order chi connectivity index (χ1) is 13.8. The van der Waals surface area contributed by atoms with E-state index in [1.165, 1.54) is 38.9 Å². The first-order valence-corrected chi connectivity index (χ1v) is 9.89. The first-order valence-electron chi connectivity index (χ1n) is 9.89. The number of nitrogens with one attached hydrogen (secondary N) is 2. The number of fused-ring (bicyclic) bond motifs is 3. The Labute approximate surface area is 165 Å². The lowest BCUT2D eigenvalue weighted by Crippen LogP contribution is -2.30. The molecule has 1 unspecified atom stereocenters. The molecular formula is C25H24N2O. The van der Waals surface area contributed by atoms with Crippen LogP contribution in [0, 0.1) is 6.92 Å². The first kappa shape index (κ1) is 17.1. The van der Waals surface area contributed by atoms with Gasteiger partial charge in [-0.1, -0.05) is 54.1 Å². The Balaban J connectivity index is 1.45. The maximum absolute atomic E-state index is 6.05. The van der Waals surface area contributed by atoms with E-state index in [1.54, 1.807) is 0 Å². The monoisotopic (exact) mass is 368 g/mol. The molecule has 3 aromatic carbocycles. The van der Waals surface area contributed by atoms with Crippen LogP contribution in [0.2, 0.25) is 0 Å². The van der Waals surface area contributed by atoms with Gasteiger partial charge in [-0.15, -0.1) is 0 Å². The summed E-state index contributed by atoms with van der Waals surface area (Å²) in [6.07, 6.45) is 1.06. The lowest BCUT2D eigenvalue weighted by Gasteiger charge is -2.25. The van der Waals surface area contributed by atoms with Crippen LogP contribution in [0.5, 0.6) is 5.75 Å².